The number of pyridine rings is 1. The molecule has 5 heteroatoms. The summed E-state index contributed by atoms with van der Waals surface area (Å²) in [5.41, 5.74) is 1.37. The summed E-state index contributed by atoms with van der Waals surface area (Å²) in [7, 11) is 1.57. The number of methoxy groups -OCH3 is 1. The Bertz CT molecular complexity index is 442. The topological polar surface area (TPSA) is 60.5 Å². The van der Waals surface area contributed by atoms with Crippen molar-refractivity contribution in [3.05, 3.63) is 23.5 Å². The second-order valence-corrected chi connectivity index (χ2v) is 4.55. The van der Waals surface area contributed by atoms with Gasteiger partial charge in [0.15, 0.2) is 0 Å². The van der Waals surface area contributed by atoms with Crippen molar-refractivity contribution in [3.8, 4) is 5.75 Å². The number of nitrogens with one attached hydrogen (secondary N) is 1. The number of ether oxygens (including phenoxy) is 2. The number of nitrogens with zero attached hydrogens (tertiary/aromatic N) is 1. The molecule has 1 N–H and O–H groups in total. The van der Waals surface area contributed by atoms with Crippen LogP contribution in [-0.2, 0) is 4.74 Å². The van der Waals surface area contributed by atoms with Gasteiger partial charge in [-0.3, -0.25) is 4.98 Å². The number of esters is 1. The van der Waals surface area contributed by atoms with Crippen LogP contribution in [-0.4, -0.2) is 37.8 Å². The van der Waals surface area contributed by atoms with Gasteiger partial charge in [-0.1, -0.05) is 0 Å². The zero-order chi connectivity index (χ0) is 13.7. The lowest BCUT2D eigenvalue weighted by molar-refractivity contribution is 0.0523. The van der Waals surface area contributed by atoms with Gasteiger partial charge in [0.25, 0.3) is 0 Å². The smallest absolute Gasteiger partial charge is 0.340 e. The molecule has 2 rings (SSSR count). The number of carbonyl (C=O) groups is 1. The number of hydrogen-bond donors (Lipinski definition) is 1. The lowest BCUT2D eigenvalue weighted by Gasteiger charge is -2.23. The number of hydrogen-bond acceptors (Lipinski definition) is 5. The van der Waals surface area contributed by atoms with Crippen LogP contribution in [0.2, 0.25) is 0 Å². The molecule has 1 saturated heterocycles. The third kappa shape index (κ3) is 3.23. The number of carbonyl (C=O) groups excluding carboxylic acids is 1. The number of piperidine rings is 1. The van der Waals surface area contributed by atoms with E-state index in [1.165, 1.54) is 0 Å². The molecule has 1 aliphatic rings. The molecular formula is C14H20N2O3. The van der Waals surface area contributed by atoms with E-state index in [4.69, 9.17) is 9.47 Å². The Labute approximate surface area is 113 Å². The number of rotatable bonds is 4. The third-order valence-electron chi connectivity index (χ3n) is 3.35. The van der Waals surface area contributed by atoms with Gasteiger partial charge in [0.1, 0.15) is 5.75 Å². The maximum atomic E-state index is 12.0. The summed E-state index contributed by atoms with van der Waals surface area (Å²) in [5.74, 6) is 0.578. The summed E-state index contributed by atoms with van der Waals surface area (Å²) in [4.78, 5) is 16.5. The molecule has 0 radical (unpaired) electrons. The van der Waals surface area contributed by atoms with Crippen molar-refractivity contribution >= 4 is 5.97 Å². The lowest BCUT2D eigenvalue weighted by atomic mass is 9.91. The van der Waals surface area contributed by atoms with Crippen LogP contribution in [0.4, 0.5) is 0 Å². The van der Waals surface area contributed by atoms with Gasteiger partial charge in [-0.15, -0.1) is 0 Å². The van der Waals surface area contributed by atoms with Crippen molar-refractivity contribution in [3.63, 3.8) is 0 Å². The van der Waals surface area contributed by atoms with Crippen molar-refractivity contribution in [1.82, 2.24) is 10.3 Å². The van der Waals surface area contributed by atoms with Crippen LogP contribution in [0.5, 0.6) is 5.75 Å². The lowest BCUT2D eigenvalue weighted by Crippen LogP contribution is -2.28. The zero-order valence-electron chi connectivity index (χ0n) is 11.4. The second kappa shape index (κ2) is 6.52. The van der Waals surface area contributed by atoms with E-state index in [1.54, 1.807) is 26.3 Å². The third-order valence-corrected chi connectivity index (χ3v) is 3.35. The van der Waals surface area contributed by atoms with E-state index in [2.05, 4.69) is 10.3 Å². The van der Waals surface area contributed by atoms with Gasteiger partial charge < -0.3 is 14.8 Å². The van der Waals surface area contributed by atoms with Gasteiger partial charge in [-0.2, -0.15) is 0 Å². The Hall–Kier alpha value is -1.62. The van der Waals surface area contributed by atoms with Crippen molar-refractivity contribution in [2.24, 2.45) is 0 Å². The van der Waals surface area contributed by atoms with Crippen LogP contribution in [0.3, 0.4) is 0 Å². The predicted octanol–water partition coefficient (Wildman–Crippen LogP) is 1.73. The molecule has 2 heterocycles. The Kier molecular flexibility index (Phi) is 4.74. The average Bonchev–Trinajstić information content (AvgIpc) is 2.47. The zero-order valence-corrected chi connectivity index (χ0v) is 11.4. The van der Waals surface area contributed by atoms with Crippen LogP contribution >= 0.6 is 0 Å². The van der Waals surface area contributed by atoms with Gasteiger partial charge in [0.2, 0.25) is 0 Å². The fourth-order valence-corrected chi connectivity index (χ4v) is 2.36. The van der Waals surface area contributed by atoms with Gasteiger partial charge in [-0.05, 0) is 38.9 Å². The molecule has 0 saturated carbocycles. The molecule has 1 fully saturated rings. The highest BCUT2D eigenvalue weighted by Gasteiger charge is 2.24. The first-order valence-electron chi connectivity index (χ1n) is 6.68. The van der Waals surface area contributed by atoms with Crippen LogP contribution in [0.1, 0.15) is 41.7 Å². The minimum absolute atomic E-state index is 0.312. The van der Waals surface area contributed by atoms with E-state index in [9.17, 15) is 4.79 Å². The summed E-state index contributed by atoms with van der Waals surface area (Å²) in [5, 5.41) is 3.31. The summed E-state index contributed by atoms with van der Waals surface area (Å²) in [6.07, 6.45) is 3.65. The highest BCUT2D eigenvalue weighted by Crippen LogP contribution is 2.28. The second-order valence-electron chi connectivity index (χ2n) is 4.55. The largest absolute Gasteiger partial charge is 0.495 e. The molecule has 0 bridgehead atoms. The average molecular weight is 264 g/mol. The maximum absolute atomic E-state index is 12.0. The first kappa shape index (κ1) is 13.8. The molecule has 104 valence electrons. The fraction of sp³-hybridized carbons (Fsp3) is 0.571. The molecular weight excluding hydrogens is 244 g/mol. The van der Waals surface area contributed by atoms with Crippen LogP contribution in [0.25, 0.3) is 0 Å². The molecule has 1 aromatic heterocycles. The Balaban J connectivity index is 2.32. The SMILES string of the molecule is CCOC(=O)c1cc(OC)cnc1C1CCNCC1. The van der Waals surface area contributed by atoms with Gasteiger partial charge in [-0.25, -0.2) is 4.79 Å². The van der Waals surface area contributed by atoms with Gasteiger partial charge in [0.05, 0.1) is 31.2 Å². The molecule has 0 aliphatic carbocycles. The summed E-state index contributed by atoms with van der Waals surface area (Å²) < 4.78 is 10.3. The monoisotopic (exact) mass is 264 g/mol. The van der Waals surface area contributed by atoms with Crippen molar-refractivity contribution in [2.45, 2.75) is 25.7 Å². The molecule has 1 aromatic rings. The fourth-order valence-electron chi connectivity index (χ4n) is 2.36. The molecule has 0 spiro atoms. The Morgan fingerprint density at radius 1 is 1.47 bits per heavy atom. The minimum atomic E-state index is -0.317. The van der Waals surface area contributed by atoms with E-state index in [-0.39, 0.29) is 5.97 Å². The van der Waals surface area contributed by atoms with E-state index >= 15 is 0 Å². The number of aromatic nitrogens is 1. The van der Waals surface area contributed by atoms with Crippen LogP contribution in [0, 0.1) is 0 Å². The van der Waals surface area contributed by atoms with E-state index in [0.29, 0.717) is 23.8 Å². The highest BCUT2D eigenvalue weighted by atomic mass is 16.5. The molecule has 1 aliphatic heterocycles. The molecule has 5 nitrogen and oxygen atoms in total. The molecule has 0 unspecified atom stereocenters. The summed E-state index contributed by atoms with van der Waals surface area (Å²) in [6.45, 7) is 4.08. The molecule has 0 aromatic carbocycles. The van der Waals surface area contributed by atoms with Crippen LogP contribution < -0.4 is 10.1 Å². The van der Waals surface area contributed by atoms with E-state index in [0.717, 1.165) is 31.6 Å². The van der Waals surface area contributed by atoms with Gasteiger partial charge in [0, 0.05) is 5.92 Å². The Morgan fingerprint density at radius 3 is 2.84 bits per heavy atom. The van der Waals surface area contributed by atoms with Gasteiger partial charge >= 0.3 is 5.97 Å². The first-order chi connectivity index (χ1) is 9.26. The normalized spacial score (nSPS) is 16.1. The van der Waals surface area contributed by atoms with Crippen LogP contribution in [0.15, 0.2) is 12.3 Å². The predicted molar refractivity (Wildman–Crippen MR) is 71.6 cm³/mol. The first-order valence-corrected chi connectivity index (χ1v) is 6.68. The standard InChI is InChI=1S/C14H20N2O3/c1-3-19-14(17)12-8-11(18-2)9-16-13(12)10-4-6-15-7-5-10/h8-10,15H,3-7H2,1-2H3. The van der Waals surface area contributed by atoms with Crippen molar-refractivity contribution in [1.29, 1.82) is 0 Å². The molecule has 0 amide bonds. The molecule has 19 heavy (non-hydrogen) atoms. The van der Waals surface area contributed by atoms with Crippen molar-refractivity contribution < 1.29 is 14.3 Å². The minimum Gasteiger partial charge on any atom is -0.495 e. The molecule has 0 atom stereocenters. The highest BCUT2D eigenvalue weighted by molar-refractivity contribution is 5.91. The maximum Gasteiger partial charge on any atom is 0.340 e. The van der Waals surface area contributed by atoms with E-state index in [1.807, 2.05) is 0 Å². The van der Waals surface area contributed by atoms with Crippen molar-refractivity contribution in [2.75, 3.05) is 26.8 Å². The Morgan fingerprint density at radius 2 is 2.21 bits per heavy atom. The summed E-state index contributed by atoms with van der Waals surface area (Å²) in [6, 6.07) is 1.72. The van der Waals surface area contributed by atoms with E-state index < -0.39 is 0 Å². The quantitative estimate of drug-likeness (QED) is 0.839. The summed E-state index contributed by atoms with van der Waals surface area (Å²) >= 11 is 0.